The van der Waals surface area contributed by atoms with Crippen LogP contribution in [0.1, 0.15) is 17.0 Å². The van der Waals surface area contributed by atoms with Gasteiger partial charge in [-0.15, -0.1) is 23.1 Å². The number of carbonyl (C=O) groups is 1. The molecule has 3 rings (SSSR count). The molecule has 0 saturated heterocycles. The molecule has 1 aliphatic rings. The van der Waals surface area contributed by atoms with Gasteiger partial charge in [0.05, 0.1) is 12.1 Å². The molecule has 1 aliphatic heterocycles. The number of carboxylic acid groups (broad SMARTS) is 1. The lowest BCUT2D eigenvalue weighted by Crippen LogP contribution is -2.34. The molecule has 0 amide bonds. The first-order valence-electron chi connectivity index (χ1n) is 8.25. The van der Waals surface area contributed by atoms with Gasteiger partial charge in [0.15, 0.2) is 0 Å². The first kappa shape index (κ1) is 18.7. The van der Waals surface area contributed by atoms with Crippen LogP contribution in [0, 0.1) is 5.82 Å². The van der Waals surface area contributed by atoms with Crippen molar-refractivity contribution in [2.45, 2.75) is 24.8 Å². The highest BCUT2D eigenvalue weighted by Crippen LogP contribution is 2.30. The van der Waals surface area contributed by atoms with Crippen molar-refractivity contribution in [1.82, 2.24) is 9.88 Å². The van der Waals surface area contributed by atoms with E-state index >= 15 is 0 Å². The summed E-state index contributed by atoms with van der Waals surface area (Å²) < 4.78 is 13.0. The maximum Gasteiger partial charge on any atom is 0.334 e. The molecule has 1 aromatic heterocycles. The summed E-state index contributed by atoms with van der Waals surface area (Å²) in [5.74, 6) is -0.310. The molecule has 0 aliphatic carbocycles. The van der Waals surface area contributed by atoms with Crippen molar-refractivity contribution >= 4 is 29.1 Å². The van der Waals surface area contributed by atoms with Gasteiger partial charge in [0.25, 0.3) is 0 Å². The minimum atomic E-state index is -0.894. The van der Waals surface area contributed by atoms with Gasteiger partial charge in [-0.25, -0.2) is 14.2 Å². The predicted molar refractivity (Wildman–Crippen MR) is 103 cm³/mol. The summed E-state index contributed by atoms with van der Waals surface area (Å²) in [6.07, 6.45) is 8.85. The molecular weight excluding hydrogens is 371 g/mol. The van der Waals surface area contributed by atoms with Gasteiger partial charge in [-0.1, -0.05) is 12.1 Å². The summed E-state index contributed by atoms with van der Waals surface area (Å²) in [6, 6.07) is 6.52. The number of benzene rings is 1. The van der Waals surface area contributed by atoms with Gasteiger partial charge in [-0.05, 0) is 48.4 Å². The topological polar surface area (TPSA) is 53.4 Å². The van der Waals surface area contributed by atoms with Crippen LogP contribution in [0.25, 0.3) is 0 Å². The third-order valence-electron chi connectivity index (χ3n) is 3.97. The Morgan fingerprint density at radius 1 is 1.35 bits per heavy atom. The number of thioether (sulfide) groups is 1. The lowest BCUT2D eigenvalue weighted by molar-refractivity contribution is -0.133. The molecule has 26 heavy (non-hydrogen) atoms. The van der Waals surface area contributed by atoms with Gasteiger partial charge in [-0.2, -0.15) is 0 Å². The number of nitrogens with zero attached hydrogens (tertiary/aromatic N) is 2. The molecule has 0 bridgehead atoms. The zero-order valence-electron chi connectivity index (χ0n) is 14.0. The molecule has 136 valence electrons. The molecule has 1 N–H and O–H groups in total. The summed E-state index contributed by atoms with van der Waals surface area (Å²) in [7, 11) is 0. The first-order chi connectivity index (χ1) is 12.6. The number of thiazole rings is 1. The second-order valence-electron chi connectivity index (χ2n) is 5.82. The van der Waals surface area contributed by atoms with Crippen LogP contribution in [0.3, 0.4) is 0 Å². The largest absolute Gasteiger partial charge is 0.478 e. The molecule has 1 unspecified atom stereocenters. The third kappa shape index (κ3) is 4.95. The molecule has 2 heterocycles. The van der Waals surface area contributed by atoms with Crippen LogP contribution in [0.15, 0.2) is 59.8 Å². The fourth-order valence-electron chi connectivity index (χ4n) is 2.70. The van der Waals surface area contributed by atoms with E-state index in [-0.39, 0.29) is 11.2 Å². The van der Waals surface area contributed by atoms with E-state index < -0.39 is 5.97 Å². The van der Waals surface area contributed by atoms with E-state index in [0.29, 0.717) is 12.1 Å². The Labute approximate surface area is 160 Å². The maximum atomic E-state index is 13.0. The van der Waals surface area contributed by atoms with E-state index in [2.05, 4.69) is 4.98 Å². The van der Waals surface area contributed by atoms with Crippen LogP contribution in [0.4, 0.5) is 4.39 Å². The summed E-state index contributed by atoms with van der Waals surface area (Å²) >= 11 is 3.18. The Bertz CT molecular complexity index is 788. The lowest BCUT2D eigenvalue weighted by atomic mass is 10.1. The van der Waals surface area contributed by atoms with Gasteiger partial charge in [0.1, 0.15) is 16.2 Å². The fourth-order valence-corrected chi connectivity index (χ4v) is 4.56. The molecule has 7 heteroatoms. The zero-order valence-corrected chi connectivity index (χ0v) is 15.7. The Morgan fingerprint density at radius 3 is 2.85 bits per heavy atom. The number of aryl methyl sites for hydroxylation is 1. The van der Waals surface area contributed by atoms with E-state index in [1.54, 1.807) is 53.6 Å². The number of halogens is 1. The van der Waals surface area contributed by atoms with Crippen molar-refractivity contribution in [2.75, 3.05) is 5.75 Å². The molecule has 1 aromatic carbocycles. The van der Waals surface area contributed by atoms with E-state index in [0.717, 1.165) is 29.2 Å². The quantitative estimate of drug-likeness (QED) is 0.681. The van der Waals surface area contributed by atoms with Crippen molar-refractivity contribution < 1.29 is 14.3 Å². The average Bonchev–Trinajstić information content (AvgIpc) is 3.14. The fraction of sp³-hybridized carbons (Fsp3) is 0.263. The maximum absolute atomic E-state index is 13.0. The predicted octanol–water partition coefficient (Wildman–Crippen LogP) is 4.31. The Morgan fingerprint density at radius 2 is 2.15 bits per heavy atom. The Kier molecular flexibility index (Phi) is 6.46. The van der Waals surface area contributed by atoms with E-state index in [9.17, 15) is 14.3 Å². The van der Waals surface area contributed by atoms with Crippen LogP contribution in [-0.2, 0) is 17.8 Å². The standard InChI is InChI=1S/C19H19FN2O2S2/c20-15-7-5-14(6-8-15)3-2-11-26-18-16(19(23)24)4-1-10-22(18)13-17-21-9-12-25-17/h1,4-10,12,18H,2-3,11,13H2,(H,23,24). The monoisotopic (exact) mass is 390 g/mol. The lowest BCUT2D eigenvalue weighted by Gasteiger charge is -2.32. The average molecular weight is 391 g/mol. The molecule has 4 nitrogen and oxygen atoms in total. The second kappa shape index (κ2) is 9.00. The van der Waals surface area contributed by atoms with Gasteiger partial charge in [-0.3, -0.25) is 0 Å². The van der Waals surface area contributed by atoms with Crippen molar-refractivity contribution in [2.24, 2.45) is 0 Å². The first-order valence-corrected chi connectivity index (χ1v) is 10.2. The van der Waals surface area contributed by atoms with Gasteiger partial charge in [0, 0.05) is 17.8 Å². The van der Waals surface area contributed by atoms with E-state index in [4.69, 9.17) is 0 Å². The molecule has 2 aromatic rings. The van der Waals surface area contributed by atoms with Gasteiger partial charge in [0.2, 0.25) is 0 Å². The van der Waals surface area contributed by atoms with Crippen molar-refractivity contribution in [1.29, 1.82) is 0 Å². The van der Waals surface area contributed by atoms with E-state index in [1.165, 1.54) is 12.1 Å². The third-order valence-corrected chi connectivity index (χ3v) is 6.10. The molecule has 1 atom stereocenters. The number of hydrogen-bond acceptors (Lipinski definition) is 5. The van der Waals surface area contributed by atoms with Crippen LogP contribution in [0.2, 0.25) is 0 Å². The highest BCUT2D eigenvalue weighted by atomic mass is 32.2. The smallest absolute Gasteiger partial charge is 0.334 e. The SMILES string of the molecule is O=C(O)C1=CC=CN(Cc2nccs2)C1SCCCc1ccc(F)cc1. The van der Waals surface area contributed by atoms with Gasteiger partial charge >= 0.3 is 5.97 Å². The van der Waals surface area contributed by atoms with Crippen LogP contribution in [0.5, 0.6) is 0 Å². The van der Waals surface area contributed by atoms with Crippen LogP contribution < -0.4 is 0 Å². The minimum absolute atomic E-state index is 0.230. The summed E-state index contributed by atoms with van der Waals surface area (Å²) in [5, 5.41) is 12.2. The number of aliphatic carboxylic acids is 1. The number of aromatic nitrogens is 1. The van der Waals surface area contributed by atoms with Gasteiger partial charge < -0.3 is 10.0 Å². The number of allylic oxidation sites excluding steroid dienone is 2. The van der Waals surface area contributed by atoms with Crippen molar-refractivity contribution in [3.05, 3.63) is 76.2 Å². The molecule has 0 spiro atoms. The summed E-state index contributed by atoms with van der Waals surface area (Å²) in [5.41, 5.74) is 1.47. The Hall–Kier alpha value is -2.12. The number of rotatable bonds is 8. The highest BCUT2D eigenvalue weighted by molar-refractivity contribution is 8.00. The Balaban J connectivity index is 1.59. The summed E-state index contributed by atoms with van der Waals surface area (Å²) in [6.45, 7) is 0.592. The normalized spacial score (nSPS) is 16.6. The second-order valence-corrected chi connectivity index (χ2v) is 7.99. The molecule has 0 saturated carbocycles. The van der Waals surface area contributed by atoms with E-state index in [1.807, 2.05) is 16.5 Å². The van der Waals surface area contributed by atoms with Crippen molar-refractivity contribution in [3.63, 3.8) is 0 Å². The molecule has 0 fully saturated rings. The number of carboxylic acids is 1. The molecule has 0 radical (unpaired) electrons. The summed E-state index contributed by atoms with van der Waals surface area (Å²) in [4.78, 5) is 17.9. The molecular formula is C19H19FN2O2S2. The zero-order chi connectivity index (χ0) is 18.4. The highest BCUT2D eigenvalue weighted by Gasteiger charge is 2.27. The van der Waals surface area contributed by atoms with Crippen LogP contribution >= 0.6 is 23.1 Å². The van der Waals surface area contributed by atoms with Crippen LogP contribution in [-0.4, -0.2) is 32.1 Å². The minimum Gasteiger partial charge on any atom is -0.478 e. The number of hydrogen-bond donors (Lipinski definition) is 1. The van der Waals surface area contributed by atoms with Crippen molar-refractivity contribution in [3.8, 4) is 0 Å².